The van der Waals surface area contributed by atoms with Gasteiger partial charge < -0.3 is 20.4 Å². The lowest BCUT2D eigenvalue weighted by molar-refractivity contribution is -0.177. The van der Waals surface area contributed by atoms with E-state index in [1.165, 1.54) is 0 Å². The standard InChI is InChI=1S/C12H14F3N3O4/c13-12(14,15)6-3-9(16)17-7(6)1-5(19)2-10-18-8(4-22-10)11(20)21/h4-7,19H,1-3H2,(H2,16,17)(H,20,21)/t5?,6-,7+/m0/s1. The van der Waals surface area contributed by atoms with Crippen LogP contribution in [0.1, 0.15) is 29.2 Å². The maximum absolute atomic E-state index is 12.8. The van der Waals surface area contributed by atoms with E-state index in [0.717, 1.165) is 6.26 Å². The topological polar surface area (TPSA) is 122 Å². The Balaban J connectivity index is 1.98. The second-order valence-electron chi connectivity index (χ2n) is 5.07. The molecule has 0 fully saturated rings. The summed E-state index contributed by atoms with van der Waals surface area (Å²) in [5.74, 6) is -3.18. The van der Waals surface area contributed by atoms with Crippen molar-refractivity contribution in [1.29, 1.82) is 0 Å². The number of carboxylic acids is 1. The van der Waals surface area contributed by atoms with E-state index in [4.69, 9.17) is 15.3 Å². The van der Waals surface area contributed by atoms with Crippen LogP contribution in [0.4, 0.5) is 13.2 Å². The molecule has 22 heavy (non-hydrogen) atoms. The third kappa shape index (κ3) is 3.75. The molecule has 0 bridgehead atoms. The number of halogens is 3. The number of nitrogens with zero attached hydrogens (tertiary/aromatic N) is 2. The summed E-state index contributed by atoms with van der Waals surface area (Å²) in [7, 11) is 0. The fourth-order valence-corrected chi connectivity index (χ4v) is 2.33. The lowest BCUT2D eigenvalue weighted by Gasteiger charge is -2.22. The molecule has 7 nitrogen and oxygen atoms in total. The van der Waals surface area contributed by atoms with Gasteiger partial charge in [-0.05, 0) is 6.42 Å². The zero-order valence-corrected chi connectivity index (χ0v) is 11.2. The maximum Gasteiger partial charge on any atom is 0.394 e. The van der Waals surface area contributed by atoms with E-state index < -0.39 is 30.2 Å². The molecule has 3 atom stereocenters. The lowest BCUT2D eigenvalue weighted by Crippen LogP contribution is -2.33. The number of carboxylic acid groups (broad SMARTS) is 1. The van der Waals surface area contributed by atoms with Gasteiger partial charge in [0, 0.05) is 6.42 Å². The van der Waals surface area contributed by atoms with Gasteiger partial charge in [-0.2, -0.15) is 13.2 Å². The zero-order valence-electron chi connectivity index (χ0n) is 11.2. The molecule has 0 radical (unpaired) electrons. The van der Waals surface area contributed by atoms with Crippen molar-refractivity contribution in [1.82, 2.24) is 4.98 Å². The van der Waals surface area contributed by atoms with E-state index >= 15 is 0 Å². The first-order valence-electron chi connectivity index (χ1n) is 6.41. The van der Waals surface area contributed by atoms with Gasteiger partial charge >= 0.3 is 12.1 Å². The summed E-state index contributed by atoms with van der Waals surface area (Å²) >= 11 is 0. The second-order valence-corrected chi connectivity index (χ2v) is 5.07. The minimum absolute atomic E-state index is 0.0663. The highest BCUT2D eigenvalue weighted by molar-refractivity contribution is 5.84. The molecule has 0 saturated carbocycles. The van der Waals surface area contributed by atoms with Crippen LogP contribution < -0.4 is 5.73 Å². The average Bonchev–Trinajstić information content (AvgIpc) is 2.95. The molecule has 10 heteroatoms. The molecule has 1 aromatic heterocycles. The molecule has 1 aliphatic heterocycles. The number of alkyl halides is 3. The van der Waals surface area contributed by atoms with Crippen LogP contribution >= 0.6 is 0 Å². The molecule has 1 unspecified atom stereocenters. The van der Waals surface area contributed by atoms with Gasteiger partial charge in [0.15, 0.2) is 11.6 Å². The first-order valence-corrected chi connectivity index (χ1v) is 6.41. The molecule has 0 amide bonds. The van der Waals surface area contributed by atoms with Gasteiger partial charge in [-0.1, -0.05) is 0 Å². The van der Waals surface area contributed by atoms with E-state index in [-0.39, 0.29) is 36.7 Å². The highest BCUT2D eigenvalue weighted by atomic mass is 19.4. The predicted octanol–water partition coefficient (Wildman–Crippen LogP) is 0.974. The van der Waals surface area contributed by atoms with Gasteiger partial charge in [0.25, 0.3) is 0 Å². The van der Waals surface area contributed by atoms with Gasteiger partial charge in [0.1, 0.15) is 6.26 Å². The van der Waals surface area contributed by atoms with Crippen LogP contribution in [0.3, 0.4) is 0 Å². The summed E-state index contributed by atoms with van der Waals surface area (Å²) in [6.45, 7) is 0. The minimum Gasteiger partial charge on any atom is -0.476 e. The lowest BCUT2D eigenvalue weighted by atomic mass is 9.93. The molecule has 0 saturated heterocycles. The number of amidine groups is 1. The van der Waals surface area contributed by atoms with E-state index in [1.54, 1.807) is 0 Å². The minimum atomic E-state index is -4.45. The molecule has 122 valence electrons. The van der Waals surface area contributed by atoms with Crippen LogP contribution in [0.5, 0.6) is 0 Å². The van der Waals surface area contributed by atoms with Crippen LogP contribution in [0.15, 0.2) is 15.7 Å². The van der Waals surface area contributed by atoms with E-state index in [9.17, 15) is 23.1 Å². The Morgan fingerprint density at radius 3 is 2.77 bits per heavy atom. The Kier molecular flexibility index (Phi) is 4.40. The summed E-state index contributed by atoms with van der Waals surface area (Å²) in [6, 6.07) is -1.16. The fourth-order valence-electron chi connectivity index (χ4n) is 2.33. The van der Waals surface area contributed by atoms with Crippen molar-refractivity contribution in [2.75, 3.05) is 0 Å². The molecule has 4 N–H and O–H groups in total. The SMILES string of the molecule is NC1=N[C@H](CC(O)Cc2nc(C(=O)O)co2)[C@@H](C(F)(F)F)C1. The molecular weight excluding hydrogens is 307 g/mol. The molecular formula is C12H14F3N3O4. The third-order valence-corrected chi connectivity index (χ3v) is 3.34. The Morgan fingerprint density at radius 1 is 1.55 bits per heavy atom. The quantitative estimate of drug-likeness (QED) is 0.743. The monoisotopic (exact) mass is 321 g/mol. The van der Waals surface area contributed by atoms with Crippen LogP contribution in [0.2, 0.25) is 0 Å². The molecule has 2 rings (SSSR count). The molecule has 0 aromatic carbocycles. The molecule has 0 aliphatic carbocycles. The van der Waals surface area contributed by atoms with Crippen LogP contribution in [-0.4, -0.2) is 45.3 Å². The first-order chi connectivity index (χ1) is 10.2. The summed E-state index contributed by atoms with van der Waals surface area (Å²) in [4.78, 5) is 17.9. The Hall–Kier alpha value is -2.10. The van der Waals surface area contributed by atoms with E-state index in [1.807, 2.05) is 0 Å². The molecule has 1 aromatic rings. The van der Waals surface area contributed by atoms with Crippen LogP contribution in [0.25, 0.3) is 0 Å². The highest BCUT2D eigenvalue weighted by Gasteiger charge is 2.48. The van der Waals surface area contributed by atoms with Crippen molar-refractivity contribution in [3.8, 4) is 0 Å². The van der Waals surface area contributed by atoms with Crippen LogP contribution in [0, 0.1) is 5.92 Å². The number of hydrogen-bond acceptors (Lipinski definition) is 6. The van der Waals surface area contributed by atoms with Crippen molar-refractivity contribution in [3.63, 3.8) is 0 Å². The highest BCUT2D eigenvalue weighted by Crippen LogP contribution is 2.38. The predicted molar refractivity (Wildman–Crippen MR) is 67.4 cm³/mol. The molecule has 1 aliphatic rings. The van der Waals surface area contributed by atoms with Gasteiger partial charge in [-0.3, -0.25) is 4.99 Å². The van der Waals surface area contributed by atoms with E-state index in [0.29, 0.717) is 0 Å². The molecule has 0 spiro atoms. The second kappa shape index (κ2) is 5.95. The van der Waals surface area contributed by atoms with Gasteiger partial charge in [0.2, 0.25) is 0 Å². The summed E-state index contributed by atoms with van der Waals surface area (Å²) in [6.07, 6.45) is -5.62. The van der Waals surface area contributed by atoms with Crippen molar-refractivity contribution < 1.29 is 32.6 Å². The van der Waals surface area contributed by atoms with Crippen molar-refractivity contribution in [3.05, 3.63) is 17.8 Å². The van der Waals surface area contributed by atoms with Crippen LogP contribution in [-0.2, 0) is 6.42 Å². The zero-order chi connectivity index (χ0) is 16.5. The number of aliphatic hydroxyl groups is 1. The van der Waals surface area contributed by atoms with Crippen molar-refractivity contribution >= 4 is 11.8 Å². The van der Waals surface area contributed by atoms with Gasteiger partial charge in [-0.15, -0.1) is 0 Å². The van der Waals surface area contributed by atoms with Crippen molar-refractivity contribution in [2.45, 2.75) is 37.6 Å². The number of oxazole rings is 1. The van der Waals surface area contributed by atoms with E-state index in [2.05, 4.69) is 9.98 Å². The summed E-state index contributed by atoms with van der Waals surface area (Å²) in [5, 5.41) is 18.5. The average molecular weight is 321 g/mol. The Labute approximate surface area is 122 Å². The number of aliphatic hydroxyl groups excluding tert-OH is 1. The molecule has 2 heterocycles. The Bertz CT molecular complexity index is 584. The number of nitrogens with two attached hydrogens (primary N) is 1. The smallest absolute Gasteiger partial charge is 0.394 e. The fraction of sp³-hybridized carbons (Fsp3) is 0.583. The maximum atomic E-state index is 12.8. The number of aliphatic imine (C=N–C) groups is 1. The first kappa shape index (κ1) is 16.3. The van der Waals surface area contributed by atoms with Gasteiger partial charge in [-0.25, -0.2) is 9.78 Å². The van der Waals surface area contributed by atoms with Gasteiger partial charge in [0.05, 0.1) is 30.3 Å². The summed E-state index contributed by atoms with van der Waals surface area (Å²) in [5.41, 5.74) is 5.01. The number of aromatic nitrogens is 1. The van der Waals surface area contributed by atoms with Crippen molar-refractivity contribution in [2.24, 2.45) is 16.6 Å². The normalized spacial score (nSPS) is 23.4. The third-order valence-electron chi connectivity index (χ3n) is 3.34. The largest absolute Gasteiger partial charge is 0.476 e. The summed E-state index contributed by atoms with van der Waals surface area (Å²) < 4.78 is 43.4. The Morgan fingerprint density at radius 2 is 2.23 bits per heavy atom. The number of aromatic carboxylic acids is 1. The number of carbonyl (C=O) groups is 1. The number of rotatable bonds is 5. The number of hydrogen-bond donors (Lipinski definition) is 3.